The number of likely N-dealkylation sites (N-methyl/N-ethyl adjacent to an activating group) is 1. The summed E-state index contributed by atoms with van der Waals surface area (Å²) in [4.78, 5) is 45.0. The van der Waals surface area contributed by atoms with Crippen LogP contribution in [0.3, 0.4) is 0 Å². The van der Waals surface area contributed by atoms with Gasteiger partial charge in [0.05, 0.1) is 6.42 Å². The van der Waals surface area contributed by atoms with Gasteiger partial charge < -0.3 is 21.1 Å². The molecule has 0 aromatic carbocycles. The molecule has 0 rings (SSSR count). The lowest BCUT2D eigenvalue weighted by molar-refractivity contribution is -0.136. The maximum atomic E-state index is 12.1. The van der Waals surface area contributed by atoms with E-state index in [9.17, 15) is 19.2 Å². The van der Waals surface area contributed by atoms with Gasteiger partial charge in [-0.1, -0.05) is 21.6 Å². The van der Waals surface area contributed by atoms with Gasteiger partial charge in [-0.3, -0.25) is 19.2 Å². The van der Waals surface area contributed by atoms with Crippen molar-refractivity contribution in [1.29, 1.82) is 0 Å². The number of nitrogens with one attached hydrogen (secondary N) is 3. The van der Waals surface area contributed by atoms with Crippen molar-refractivity contribution >= 4 is 45.3 Å². The minimum atomic E-state index is -0.886. The molecule has 0 aromatic heterocycles. The number of hydrogen-bond donors (Lipinski definition) is 4. The molecule has 0 saturated heterocycles. The molecule has 0 radical (unpaired) electrons. The van der Waals surface area contributed by atoms with Crippen LogP contribution < -0.4 is 16.0 Å². The van der Waals surface area contributed by atoms with Crippen molar-refractivity contribution in [1.82, 2.24) is 16.0 Å². The Morgan fingerprint density at radius 2 is 1.73 bits per heavy atom. The van der Waals surface area contributed by atoms with Crippen LogP contribution in [-0.2, 0) is 19.2 Å². The van der Waals surface area contributed by atoms with E-state index in [1.165, 1.54) is 42.5 Å². The Kier molecular flexibility index (Phi) is 10.5. The van der Waals surface area contributed by atoms with Gasteiger partial charge in [-0.25, -0.2) is 0 Å². The van der Waals surface area contributed by atoms with Gasteiger partial charge in [0.15, 0.2) is 0 Å². The zero-order chi connectivity index (χ0) is 17.1. The predicted octanol–water partition coefficient (Wildman–Crippen LogP) is -0.402. The van der Waals surface area contributed by atoms with Crippen LogP contribution in [0, 0.1) is 0 Å². The van der Waals surface area contributed by atoms with Crippen LogP contribution in [0.2, 0.25) is 0 Å². The highest BCUT2D eigenvalue weighted by Crippen LogP contribution is 2.22. The molecule has 0 heterocycles. The van der Waals surface area contributed by atoms with Crippen LogP contribution in [0.1, 0.15) is 20.3 Å². The highest BCUT2D eigenvalue weighted by atomic mass is 33.1. The lowest BCUT2D eigenvalue weighted by Gasteiger charge is -2.19. The molecular formula is C12H21N3O5S2. The van der Waals surface area contributed by atoms with Crippen molar-refractivity contribution < 1.29 is 24.3 Å². The second kappa shape index (κ2) is 11.2. The van der Waals surface area contributed by atoms with E-state index < -0.39 is 24.0 Å². The predicted molar refractivity (Wildman–Crippen MR) is 86.4 cm³/mol. The minimum absolute atomic E-state index is 0.0301. The fraction of sp³-hybridized carbons (Fsp3) is 0.667. The Labute approximate surface area is 136 Å². The topological polar surface area (TPSA) is 125 Å². The van der Waals surface area contributed by atoms with E-state index in [0.717, 1.165) is 0 Å². The third kappa shape index (κ3) is 9.50. The Hall–Kier alpha value is -1.42. The van der Waals surface area contributed by atoms with Gasteiger partial charge >= 0.3 is 5.97 Å². The van der Waals surface area contributed by atoms with Gasteiger partial charge in [-0.05, 0) is 6.92 Å². The summed E-state index contributed by atoms with van der Waals surface area (Å²) in [7, 11) is 4.06. The molecule has 0 aliphatic rings. The van der Waals surface area contributed by atoms with Crippen LogP contribution in [0.15, 0.2) is 0 Å². The molecule has 0 aliphatic heterocycles. The van der Waals surface area contributed by atoms with Crippen molar-refractivity contribution in [3.8, 4) is 0 Å². The summed E-state index contributed by atoms with van der Waals surface area (Å²) in [6, 6.07) is -1.50. The zero-order valence-corrected chi connectivity index (χ0v) is 14.3. The molecule has 0 saturated carbocycles. The van der Waals surface area contributed by atoms with Gasteiger partial charge in [-0.15, -0.1) is 0 Å². The molecule has 0 fully saturated rings. The molecule has 2 unspecified atom stereocenters. The summed E-state index contributed by atoms with van der Waals surface area (Å²) >= 11 is 0. The summed E-state index contributed by atoms with van der Waals surface area (Å²) in [5.41, 5.74) is 0. The number of carbonyl (C=O) groups excluding carboxylic acids is 3. The number of rotatable bonds is 10. The van der Waals surface area contributed by atoms with E-state index in [-0.39, 0.29) is 24.0 Å². The minimum Gasteiger partial charge on any atom is -0.481 e. The van der Waals surface area contributed by atoms with Gasteiger partial charge in [0.1, 0.15) is 12.1 Å². The third-order valence-electron chi connectivity index (χ3n) is 2.41. The van der Waals surface area contributed by atoms with Crippen molar-refractivity contribution in [2.75, 3.05) is 18.6 Å². The SMILES string of the molecule is CNC(=O)C(C)NC(=O)C(CSSCCC(=O)O)NC(C)=O. The van der Waals surface area contributed by atoms with E-state index in [2.05, 4.69) is 16.0 Å². The molecule has 0 aromatic rings. The maximum absolute atomic E-state index is 12.1. The summed E-state index contributed by atoms with van der Waals surface area (Å²) in [6.45, 7) is 2.83. The van der Waals surface area contributed by atoms with Crippen LogP contribution in [0.25, 0.3) is 0 Å². The second-order valence-electron chi connectivity index (χ2n) is 4.35. The van der Waals surface area contributed by atoms with Crippen LogP contribution in [0.4, 0.5) is 0 Å². The standard InChI is InChI=1S/C12H21N3O5S2/c1-7(11(19)13-3)14-12(20)9(15-8(2)16)6-22-21-5-4-10(17)18/h7,9H,4-6H2,1-3H3,(H,13,19)(H,14,20)(H,15,16)(H,17,18). The van der Waals surface area contributed by atoms with Crippen LogP contribution >= 0.6 is 21.6 Å². The van der Waals surface area contributed by atoms with Gasteiger partial charge in [0.25, 0.3) is 0 Å². The molecule has 2 atom stereocenters. The van der Waals surface area contributed by atoms with Crippen molar-refractivity contribution in [2.24, 2.45) is 0 Å². The lowest BCUT2D eigenvalue weighted by atomic mass is 10.2. The van der Waals surface area contributed by atoms with Crippen LogP contribution in [-0.4, -0.2) is 59.4 Å². The molecule has 0 aliphatic carbocycles. The average Bonchev–Trinajstić information content (AvgIpc) is 2.43. The quantitative estimate of drug-likeness (QED) is 0.312. The van der Waals surface area contributed by atoms with E-state index in [1.807, 2.05) is 0 Å². The van der Waals surface area contributed by atoms with E-state index in [1.54, 1.807) is 0 Å². The first-order chi connectivity index (χ1) is 10.3. The Morgan fingerprint density at radius 3 is 2.23 bits per heavy atom. The molecule has 126 valence electrons. The number of carboxylic acid groups (broad SMARTS) is 1. The molecule has 22 heavy (non-hydrogen) atoms. The van der Waals surface area contributed by atoms with E-state index in [0.29, 0.717) is 5.75 Å². The van der Waals surface area contributed by atoms with Gasteiger partial charge in [0, 0.05) is 25.5 Å². The zero-order valence-electron chi connectivity index (χ0n) is 12.7. The molecular weight excluding hydrogens is 330 g/mol. The maximum Gasteiger partial charge on any atom is 0.304 e. The van der Waals surface area contributed by atoms with Gasteiger partial charge in [-0.2, -0.15) is 0 Å². The highest BCUT2D eigenvalue weighted by Gasteiger charge is 2.23. The summed E-state index contributed by atoms with van der Waals surface area (Å²) in [6.07, 6.45) is 0.0301. The Bertz CT molecular complexity index is 420. The molecule has 4 N–H and O–H groups in total. The highest BCUT2D eigenvalue weighted by molar-refractivity contribution is 8.76. The van der Waals surface area contributed by atoms with Crippen LogP contribution in [0.5, 0.6) is 0 Å². The van der Waals surface area contributed by atoms with Crippen molar-refractivity contribution in [3.63, 3.8) is 0 Å². The fourth-order valence-corrected chi connectivity index (χ4v) is 3.47. The normalized spacial score (nSPS) is 12.9. The first-order valence-corrected chi connectivity index (χ1v) is 9.02. The Balaban J connectivity index is 4.37. The van der Waals surface area contributed by atoms with Crippen molar-refractivity contribution in [2.45, 2.75) is 32.4 Å². The average molecular weight is 351 g/mol. The summed E-state index contributed by atoms with van der Waals surface area (Å²) < 4.78 is 0. The molecule has 0 spiro atoms. The molecule has 3 amide bonds. The fourth-order valence-electron chi connectivity index (χ4n) is 1.33. The van der Waals surface area contributed by atoms with E-state index in [4.69, 9.17) is 5.11 Å². The summed E-state index contributed by atoms with van der Waals surface area (Å²) in [5, 5.41) is 16.0. The number of carboxylic acids is 1. The second-order valence-corrected chi connectivity index (χ2v) is 6.98. The Morgan fingerprint density at radius 1 is 1.09 bits per heavy atom. The number of hydrogen-bond acceptors (Lipinski definition) is 6. The number of amides is 3. The monoisotopic (exact) mass is 351 g/mol. The molecule has 0 bridgehead atoms. The first-order valence-electron chi connectivity index (χ1n) is 6.53. The molecule has 10 heteroatoms. The third-order valence-corrected chi connectivity index (χ3v) is 4.82. The number of carbonyl (C=O) groups is 4. The smallest absolute Gasteiger partial charge is 0.304 e. The summed E-state index contributed by atoms with van der Waals surface area (Å²) in [5.74, 6) is -1.36. The number of aliphatic carboxylic acids is 1. The van der Waals surface area contributed by atoms with Crippen molar-refractivity contribution in [3.05, 3.63) is 0 Å². The largest absolute Gasteiger partial charge is 0.481 e. The van der Waals surface area contributed by atoms with Gasteiger partial charge in [0.2, 0.25) is 17.7 Å². The van der Waals surface area contributed by atoms with E-state index >= 15 is 0 Å². The first kappa shape index (κ1) is 20.6. The molecule has 8 nitrogen and oxygen atoms in total. The lowest BCUT2D eigenvalue weighted by Crippen LogP contribution is -2.53.